The van der Waals surface area contributed by atoms with Crippen molar-refractivity contribution in [1.29, 1.82) is 0 Å². The minimum absolute atomic E-state index is 0.110. The zero-order chi connectivity index (χ0) is 17.5. The van der Waals surface area contributed by atoms with E-state index in [0.717, 1.165) is 4.90 Å². The second kappa shape index (κ2) is 8.30. The molecule has 8 nitrogen and oxygen atoms in total. The van der Waals surface area contributed by atoms with E-state index in [0.29, 0.717) is 50.6 Å². The van der Waals surface area contributed by atoms with Crippen LogP contribution in [0.2, 0.25) is 0 Å². The zero-order valence-electron chi connectivity index (χ0n) is 13.7. The van der Waals surface area contributed by atoms with Crippen molar-refractivity contribution < 1.29 is 24.0 Å². The van der Waals surface area contributed by atoms with E-state index in [-0.39, 0.29) is 12.0 Å². The second-order valence-electron chi connectivity index (χ2n) is 5.60. The standard InChI is InChI=1S/C16H22N4O4/c1-2-24-16(23)20-9-7-19(8-10-20)11-14(21)18-13-5-3-12(4-6-13)15(17)22/h3-6H,2,7-11H2,1H3,(H2,17,22)(H,18,21)/p+1. The highest BCUT2D eigenvalue weighted by Gasteiger charge is 2.25. The van der Waals surface area contributed by atoms with Crippen molar-refractivity contribution in [2.75, 3.05) is 44.6 Å². The van der Waals surface area contributed by atoms with Crippen LogP contribution in [0.3, 0.4) is 0 Å². The summed E-state index contributed by atoms with van der Waals surface area (Å²) >= 11 is 0. The Hall–Kier alpha value is -2.61. The molecule has 0 unspecified atom stereocenters. The monoisotopic (exact) mass is 335 g/mol. The summed E-state index contributed by atoms with van der Waals surface area (Å²) in [4.78, 5) is 37.5. The first-order chi connectivity index (χ1) is 11.5. The van der Waals surface area contributed by atoms with E-state index in [1.807, 2.05) is 0 Å². The molecule has 0 saturated carbocycles. The number of primary amides is 1. The van der Waals surface area contributed by atoms with Crippen LogP contribution in [0, 0.1) is 0 Å². The van der Waals surface area contributed by atoms with Gasteiger partial charge >= 0.3 is 6.09 Å². The molecular weight excluding hydrogens is 312 g/mol. The first-order valence-corrected chi connectivity index (χ1v) is 7.94. The summed E-state index contributed by atoms with van der Waals surface area (Å²) in [5.74, 6) is -0.613. The summed E-state index contributed by atoms with van der Waals surface area (Å²) in [6.07, 6.45) is -0.296. The fraction of sp³-hybridized carbons (Fsp3) is 0.438. The van der Waals surface area contributed by atoms with Gasteiger partial charge in [-0.05, 0) is 31.2 Å². The van der Waals surface area contributed by atoms with Crippen molar-refractivity contribution in [1.82, 2.24) is 4.90 Å². The van der Waals surface area contributed by atoms with E-state index >= 15 is 0 Å². The lowest BCUT2D eigenvalue weighted by atomic mass is 10.2. The summed E-state index contributed by atoms with van der Waals surface area (Å²) in [6, 6.07) is 6.43. The molecule has 8 heteroatoms. The molecule has 1 aliphatic heterocycles. The summed E-state index contributed by atoms with van der Waals surface area (Å²) in [7, 11) is 0. The molecule has 1 aromatic rings. The van der Waals surface area contributed by atoms with Gasteiger partial charge < -0.3 is 20.7 Å². The quantitative estimate of drug-likeness (QED) is 0.647. The number of benzene rings is 1. The highest BCUT2D eigenvalue weighted by Crippen LogP contribution is 2.08. The Bertz CT molecular complexity index is 595. The van der Waals surface area contributed by atoms with E-state index in [1.54, 1.807) is 36.1 Å². The lowest BCUT2D eigenvalue weighted by molar-refractivity contribution is -0.895. The number of rotatable bonds is 5. The SMILES string of the molecule is CCOC(=O)N1CC[NH+](CC(=O)Nc2ccc(C(N)=O)cc2)CC1. The van der Waals surface area contributed by atoms with Gasteiger partial charge in [0, 0.05) is 11.3 Å². The van der Waals surface area contributed by atoms with Gasteiger partial charge in [-0.1, -0.05) is 0 Å². The van der Waals surface area contributed by atoms with Crippen LogP contribution >= 0.6 is 0 Å². The Labute approximate surface area is 140 Å². The number of nitrogens with two attached hydrogens (primary N) is 1. The van der Waals surface area contributed by atoms with E-state index in [9.17, 15) is 14.4 Å². The minimum atomic E-state index is -0.503. The highest BCUT2D eigenvalue weighted by atomic mass is 16.6. The summed E-state index contributed by atoms with van der Waals surface area (Å²) < 4.78 is 4.97. The maximum Gasteiger partial charge on any atom is 0.410 e. The Morgan fingerprint density at radius 1 is 1.21 bits per heavy atom. The number of hydrogen-bond acceptors (Lipinski definition) is 4. The van der Waals surface area contributed by atoms with Crippen LogP contribution in [0.5, 0.6) is 0 Å². The van der Waals surface area contributed by atoms with E-state index in [2.05, 4.69) is 5.32 Å². The van der Waals surface area contributed by atoms with Gasteiger partial charge in [0.05, 0.1) is 32.8 Å². The molecular formula is C16H23N4O4+. The Morgan fingerprint density at radius 3 is 2.38 bits per heavy atom. The summed E-state index contributed by atoms with van der Waals surface area (Å²) in [5.41, 5.74) is 6.19. The maximum atomic E-state index is 12.1. The molecule has 1 aliphatic rings. The number of carbonyl (C=O) groups is 3. The highest BCUT2D eigenvalue weighted by molar-refractivity contribution is 5.95. The summed E-state index contributed by atoms with van der Waals surface area (Å²) in [6.45, 7) is 5.03. The van der Waals surface area contributed by atoms with Crippen molar-refractivity contribution in [3.63, 3.8) is 0 Å². The number of ether oxygens (including phenoxy) is 1. The molecule has 1 fully saturated rings. The first kappa shape index (κ1) is 17.7. The molecule has 130 valence electrons. The third-order valence-electron chi connectivity index (χ3n) is 3.86. The molecule has 4 N–H and O–H groups in total. The molecule has 2 rings (SSSR count). The predicted octanol–water partition coefficient (Wildman–Crippen LogP) is -0.919. The second-order valence-corrected chi connectivity index (χ2v) is 5.60. The third kappa shape index (κ3) is 4.95. The van der Waals surface area contributed by atoms with Crippen LogP contribution in [-0.2, 0) is 9.53 Å². The van der Waals surface area contributed by atoms with Crippen molar-refractivity contribution in [3.05, 3.63) is 29.8 Å². The molecule has 0 radical (unpaired) electrons. The van der Waals surface area contributed by atoms with Gasteiger partial charge in [0.1, 0.15) is 0 Å². The number of quaternary nitrogens is 1. The van der Waals surface area contributed by atoms with Crippen molar-refractivity contribution >= 4 is 23.6 Å². The maximum absolute atomic E-state index is 12.1. The van der Waals surface area contributed by atoms with E-state index in [4.69, 9.17) is 10.5 Å². The number of anilines is 1. The third-order valence-corrected chi connectivity index (χ3v) is 3.86. The van der Waals surface area contributed by atoms with Crippen molar-refractivity contribution in [2.45, 2.75) is 6.92 Å². The zero-order valence-corrected chi connectivity index (χ0v) is 13.7. The lowest BCUT2D eigenvalue weighted by Gasteiger charge is -2.31. The molecule has 24 heavy (non-hydrogen) atoms. The van der Waals surface area contributed by atoms with Crippen LogP contribution in [0.25, 0.3) is 0 Å². The van der Waals surface area contributed by atoms with Gasteiger partial charge in [0.25, 0.3) is 5.91 Å². The van der Waals surface area contributed by atoms with E-state index < -0.39 is 5.91 Å². The van der Waals surface area contributed by atoms with Crippen LogP contribution in [-0.4, -0.2) is 62.1 Å². The van der Waals surface area contributed by atoms with Gasteiger partial charge in [-0.15, -0.1) is 0 Å². The predicted molar refractivity (Wildman–Crippen MR) is 87.7 cm³/mol. The summed E-state index contributed by atoms with van der Waals surface area (Å²) in [5, 5.41) is 2.79. The Balaban J connectivity index is 1.77. The number of nitrogens with zero attached hydrogens (tertiary/aromatic N) is 1. The Kier molecular flexibility index (Phi) is 6.14. The fourth-order valence-electron chi connectivity index (χ4n) is 2.55. The molecule has 0 spiro atoms. The molecule has 3 amide bonds. The van der Waals surface area contributed by atoms with Crippen LogP contribution < -0.4 is 16.0 Å². The topological polar surface area (TPSA) is 106 Å². The molecule has 1 saturated heterocycles. The van der Waals surface area contributed by atoms with Gasteiger partial charge in [0.2, 0.25) is 5.91 Å². The molecule has 0 atom stereocenters. The average Bonchev–Trinajstić information content (AvgIpc) is 2.56. The first-order valence-electron chi connectivity index (χ1n) is 7.94. The molecule has 0 aromatic heterocycles. The average molecular weight is 335 g/mol. The van der Waals surface area contributed by atoms with Crippen LogP contribution in [0.1, 0.15) is 17.3 Å². The number of piperazine rings is 1. The van der Waals surface area contributed by atoms with Gasteiger partial charge in [-0.3, -0.25) is 14.5 Å². The molecule has 1 heterocycles. The van der Waals surface area contributed by atoms with Crippen molar-refractivity contribution in [3.8, 4) is 0 Å². The number of carbonyl (C=O) groups excluding carboxylic acids is 3. The number of nitrogens with one attached hydrogen (secondary N) is 2. The molecule has 0 bridgehead atoms. The Morgan fingerprint density at radius 2 is 1.83 bits per heavy atom. The lowest BCUT2D eigenvalue weighted by Crippen LogP contribution is -3.15. The molecule has 1 aromatic carbocycles. The van der Waals surface area contributed by atoms with Gasteiger partial charge in [0.15, 0.2) is 6.54 Å². The largest absolute Gasteiger partial charge is 0.450 e. The number of amides is 3. The minimum Gasteiger partial charge on any atom is -0.450 e. The van der Waals surface area contributed by atoms with Crippen LogP contribution in [0.4, 0.5) is 10.5 Å². The van der Waals surface area contributed by atoms with Gasteiger partial charge in [-0.25, -0.2) is 4.79 Å². The van der Waals surface area contributed by atoms with E-state index in [1.165, 1.54) is 0 Å². The smallest absolute Gasteiger partial charge is 0.410 e. The normalized spacial score (nSPS) is 15.0. The number of hydrogen-bond donors (Lipinski definition) is 3. The van der Waals surface area contributed by atoms with Gasteiger partial charge in [-0.2, -0.15) is 0 Å². The van der Waals surface area contributed by atoms with Crippen LogP contribution in [0.15, 0.2) is 24.3 Å². The fourth-order valence-corrected chi connectivity index (χ4v) is 2.55. The van der Waals surface area contributed by atoms with Crippen molar-refractivity contribution in [2.24, 2.45) is 5.73 Å². The molecule has 0 aliphatic carbocycles.